The molecule has 1 aliphatic rings. The number of hydrogen-bond acceptors (Lipinski definition) is 5. The van der Waals surface area contributed by atoms with Crippen molar-refractivity contribution in [2.24, 2.45) is 0 Å². The van der Waals surface area contributed by atoms with Crippen molar-refractivity contribution >= 4 is 6.08 Å². The molecule has 0 aliphatic carbocycles. The Morgan fingerprint density at radius 3 is 3.00 bits per heavy atom. The monoisotopic (exact) mass is 261 g/mol. The summed E-state index contributed by atoms with van der Waals surface area (Å²) in [6, 6.07) is 5.73. The number of nitrogens with zero attached hydrogens (tertiary/aromatic N) is 1. The zero-order valence-electron chi connectivity index (χ0n) is 10.9. The van der Waals surface area contributed by atoms with Gasteiger partial charge in [0, 0.05) is 7.11 Å². The zero-order valence-corrected chi connectivity index (χ0v) is 10.9. The fourth-order valence-electron chi connectivity index (χ4n) is 1.81. The van der Waals surface area contributed by atoms with Crippen molar-refractivity contribution in [2.45, 2.75) is 6.92 Å². The van der Waals surface area contributed by atoms with Crippen LogP contribution in [-0.4, -0.2) is 27.1 Å². The summed E-state index contributed by atoms with van der Waals surface area (Å²) in [5.41, 5.74) is 1.35. The van der Waals surface area contributed by atoms with Gasteiger partial charge in [0.2, 0.25) is 12.5 Å². The van der Waals surface area contributed by atoms with Crippen LogP contribution < -0.4 is 14.2 Å². The largest absolute Gasteiger partial charge is 0.490 e. The number of benzene rings is 1. The highest BCUT2D eigenvalue weighted by atomic mass is 16.7. The quantitative estimate of drug-likeness (QED) is 0.761. The Balaban J connectivity index is 2.37. The van der Waals surface area contributed by atoms with Crippen LogP contribution in [0, 0.1) is 11.3 Å². The molecule has 0 unspecified atom stereocenters. The predicted octanol–water partition coefficient (Wildman–Crippen LogP) is 2.37. The summed E-state index contributed by atoms with van der Waals surface area (Å²) < 4.78 is 21.2. The predicted molar refractivity (Wildman–Crippen MR) is 69.2 cm³/mol. The Morgan fingerprint density at radius 1 is 1.47 bits per heavy atom. The first-order valence-electron chi connectivity index (χ1n) is 5.94. The molecule has 0 amide bonds. The Hall–Kier alpha value is -2.19. The highest BCUT2D eigenvalue weighted by Gasteiger charge is 2.20. The molecular weight excluding hydrogens is 246 g/mol. The Labute approximate surface area is 112 Å². The van der Waals surface area contributed by atoms with E-state index in [1.54, 1.807) is 13.2 Å². The maximum absolute atomic E-state index is 9.00. The summed E-state index contributed by atoms with van der Waals surface area (Å²) in [7, 11) is 1.55. The third-order valence-corrected chi connectivity index (χ3v) is 2.54. The molecule has 0 bridgehead atoms. The summed E-state index contributed by atoms with van der Waals surface area (Å²) in [6.07, 6.45) is 1.74. The minimum atomic E-state index is 0.186. The van der Waals surface area contributed by atoms with Crippen molar-refractivity contribution in [1.29, 1.82) is 5.26 Å². The van der Waals surface area contributed by atoms with Gasteiger partial charge in [0.15, 0.2) is 11.5 Å². The molecule has 0 atom stereocenters. The second-order valence-electron chi connectivity index (χ2n) is 3.90. The van der Waals surface area contributed by atoms with Crippen LogP contribution in [0.2, 0.25) is 0 Å². The number of nitriles is 1. The van der Waals surface area contributed by atoms with Crippen molar-refractivity contribution in [3.05, 3.63) is 23.3 Å². The molecule has 0 spiro atoms. The molecule has 1 aromatic rings. The zero-order chi connectivity index (χ0) is 13.7. The molecule has 5 nitrogen and oxygen atoms in total. The van der Waals surface area contributed by atoms with Gasteiger partial charge in [-0.3, -0.25) is 0 Å². The van der Waals surface area contributed by atoms with E-state index in [0.29, 0.717) is 29.4 Å². The highest BCUT2D eigenvalue weighted by molar-refractivity contribution is 5.65. The molecular formula is C14H15NO4. The summed E-state index contributed by atoms with van der Waals surface area (Å²) in [4.78, 5) is 0. The van der Waals surface area contributed by atoms with Crippen molar-refractivity contribution in [3.8, 4) is 23.3 Å². The lowest BCUT2D eigenvalue weighted by Crippen LogP contribution is -1.96. The smallest absolute Gasteiger partial charge is 0.231 e. The number of methoxy groups -OCH3 is 1. The lowest BCUT2D eigenvalue weighted by atomic mass is 10.1. The van der Waals surface area contributed by atoms with Gasteiger partial charge in [0.25, 0.3) is 0 Å². The molecule has 100 valence electrons. The van der Waals surface area contributed by atoms with Crippen LogP contribution in [0.15, 0.2) is 17.7 Å². The van der Waals surface area contributed by atoms with Crippen LogP contribution in [0.3, 0.4) is 0 Å². The van der Waals surface area contributed by atoms with Gasteiger partial charge in [-0.1, -0.05) is 0 Å². The number of fused-ring (bicyclic) bond motifs is 1. The summed E-state index contributed by atoms with van der Waals surface area (Å²) >= 11 is 0. The molecule has 0 saturated heterocycles. The SMILES string of the molecule is CCOc1cc(/C=C(/C#N)COC)cc2c1OCO2. The van der Waals surface area contributed by atoms with Crippen LogP contribution in [-0.2, 0) is 4.74 Å². The van der Waals surface area contributed by atoms with E-state index in [4.69, 9.17) is 24.2 Å². The first kappa shape index (κ1) is 13.2. The second-order valence-corrected chi connectivity index (χ2v) is 3.90. The number of rotatable bonds is 5. The molecule has 1 aliphatic heterocycles. The van der Waals surface area contributed by atoms with Gasteiger partial charge >= 0.3 is 0 Å². The fourth-order valence-corrected chi connectivity index (χ4v) is 1.81. The first-order chi connectivity index (χ1) is 9.28. The van der Waals surface area contributed by atoms with Gasteiger partial charge < -0.3 is 18.9 Å². The highest BCUT2D eigenvalue weighted by Crippen LogP contribution is 2.42. The van der Waals surface area contributed by atoms with E-state index < -0.39 is 0 Å². The first-order valence-corrected chi connectivity index (χ1v) is 5.94. The lowest BCUT2D eigenvalue weighted by Gasteiger charge is -2.08. The van der Waals surface area contributed by atoms with Crippen LogP contribution in [0.25, 0.3) is 6.08 Å². The number of hydrogen-bond donors (Lipinski definition) is 0. The minimum Gasteiger partial charge on any atom is -0.490 e. The van der Waals surface area contributed by atoms with Crippen molar-refractivity contribution in [3.63, 3.8) is 0 Å². The van der Waals surface area contributed by atoms with E-state index in [1.165, 1.54) is 0 Å². The van der Waals surface area contributed by atoms with Gasteiger partial charge in [-0.05, 0) is 30.7 Å². The van der Waals surface area contributed by atoms with Crippen LogP contribution in [0.5, 0.6) is 17.2 Å². The van der Waals surface area contributed by atoms with Gasteiger partial charge in [-0.25, -0.2) is 0 Å². The maximum atomic E-state index is 9.00. The van der Waals surface area contributed by atoms with E-state index >= 15 is 0 Å². The topological polar surface area (TPSA) is 60.7 Å². The van der Waals surface area contributed by atoms with Crippen LogP contribution in [0.1, 0.15) is 12.5 Å². The average Bonchev–Trinajstić information content (AvgIpc) is 2.87. The molecule has 0 fully saturated rings. The van der Waals surface area contributed by atoms with Gasteiger partial charge in [-0.15, -0.1) is 0 Å². The van der Waals surface area contributed by atoms with Crippen LogP contribution in [0.4, 0.5) is 0 Å². The summed E-state index contributed by atoms with van der Waals surface area (Å²) in [5.74, 6) is 1.87. The molecule has 5 heteroatoms. The van der Waals surface area contributed by atoms with E-state index in [9.17, 15) is 0 Å². The normalized spacial score (nSPS) is 13.2. The van der Waals surface area contributed by atoms with E-state index in [-0.39, 0.29) is 13.4 Å². The Morgan fingerprint density at radius 2 is 2.32 bits per heavy atom. The van der Waals surface area contributed by atoms with Crippen LogP contribution >= 0.6 is 0 Å². The lowest BCUT2D eigenvalue weighted by molar-refractivity contribution is 0.170. The molecule has 0 saturated carbocycles. The Bertz CT molecular complexity index is 531. The molecule has 2 rings (SSSR count). The summed E-state index contributed by atoms with van der Waals surface area (Å²) in [5, 5.41) is 9.00. The molecule has 1 heterocycles. The maximum Gasteiger partial charge on any atom is 0.231 e. The molecule has 19 heavy (non-hydrogen) atoms. The minimum absolute atomic E-state index is 0.186. The molecule has 0 radical (unpaired) electrons. The Kier molecular flexibility index (Phi) is 4.26. The van der Waals surface area contributed by atoms with Gasteiger partial charge in [-0.2, -0.15) is 5.26 Å². The third-order valence-electron chi connectivity index (χ3n) is 2.54. The third kappa shape index (κ3) is 2.98. The standard InChI is InChI=1S/C14H15NO4/c1-3-17-12-5-10(4-11(7-15)8-16-2)6-13-14(12)19-9-18-13/h4-6H,3,8-9H2,1-2H3/b11-4-. The van der Waals surface area contributed by atoms with E-state index in [2.05, 4.69) is 6.07 Å². The van der Waals surface area contributed by atoms with Crippen molar-refractivity contribution in [2.75, 3.05) is 27.1 Å². The fraction of sp³-hybridized carbons (Fsp3) is 0.357. The molecule has 1 aromatic carbocycles. The van der Waals surface area contributed by atoms with Gasteiger partial charge in [0.05, 0.1) is 24.9 Å². The van der Waals surface area contributed by atoms with Crippen molar-refractivity contribution < 1.29 is 18.9 Å². The van der Waals surface area contributed by atoms with E-state index in [0.717, 1.165) is 5.56 Å². The number of ether oxygens (including phenoxy) is 4. The average molecular weight is 261 g/mol. The van der Waals surface area contributed by atoms with Gasteiger partial charge in [0.1, 0.15) is 0 Å². The molecule has 0 aromatic heterocycles. The summed E-state index contributed by atoms with van der Waals surface area (Å²) in [6.45, 7) is 2.89. The van der Waals surface area contributed by atoms with Crippen molar-refractivity contribution in [1.82, 2.24) is 0 Å². The second kappa shape index (κ2) is 6.12. The van der Waals surface area contributed by atoms with E-state index in [1.807, 2.05) is 19.1 Å². The molecule has 0 N–H and O–H groups in total.